The Kier molecular flexibility index (Phi) is 8.55. The van der Waals surface area contributed by atoms with E-state index >= 15 is 0 Å². The zero-order valence-electron chi connectivity index (χ0n) is 23.4. The number of sulfonamides is 1. The van der Waals surface area contributed by atoms with Crippen LogP contribution in [0.15, 0.2) is 41.3 Å². The number of nitrogens with zero attached hydrogens (tertiary/aromatic N) is 4. The molecule has 2 atom stereocenters. The first-order valence-electron chi connectivity index (χ1n) is 14.6. The zero-order valence-corrected chi connectivity index (χ0v) is 25.1. The molecule has 12 heteroatoms. The van der Waals surface area contributed by atoms with E-state index in [1.165, 1.54) is 28.5 Å². The lowest BCUT2D eigenvalue weighted by Gasteiger charge is -2.31. The number of nitrogens with one attached hydrogen (secondary N) is 2. The van der Waals surface area contributed by atoms with Crippen LogP contribution in [-0.2, 0) is 19.6 Å². The largest absolute Gasteiger partial charge is 0.378 e. The molecule has 2 saturated heterocycles. The topological polar surface area (TPSA) is 117 Å². The number of pyridine rings is 1. The smallest absolute Gasteiger partial charge is 0.243 e. The molecule has 4 heterocycles. The average molecular weight is 599 g/mol. The number of carbonyl (C=O) groups excluding carboxylic acids is 1. The molecule has 41 heavy (non-hydrogen) atoms. The number of rotatable bonds is 8. The van der Waals surface area contributed by atoms with Gasteiger partial charge in [0, 0.05) is 38.8 Å². The molecule has 0 bridgehead atoms. The SMILES string of the molecule is CC1CN(S(=O)(=O)c2ccc(C(CC3CCCC3)C(=O)Nc3nc4ccc(N5CCOCC5)nc4s3)cc2)CCN1. The van der Waals surface area contributed by atoms with Gasteiger partial charge in [0.25, 0.3) is 0 Å². The van der Waals surface area contributed by atoms with E-state index in [1.54, 1.807) is 12.1 Å². The second-order valence-corrected chi connectivity index (χ2v) is 14.2. The Labute approximate surface area is 245 Å². The number of piperazine rings is 1. The number of hydrogen-bond acceptors (Lipinski definition) is 9. The van der Waals surface area contributed by atoms with E-state index in [4.69, 9.17) is 9.72 Å². The molecule has 1 aliphatic carbocycles. The van der Waals surface area contributed by atoms with Crippen LogP contribution in [0.1, 0.15) is 50.5 Å². The van der Waals surface area contributed by atoms with Crippen molar-refractivity contribution >= 4 is 48.6 Å². The number of ether oxygens (including phenoxy) is 1. The maximum absolute atomic E-state index is 13.7. The summed E-state index contributed by atoms with van der Waals surface area (Å²) < 4.78 is 33.5. The minimum absolute atomic E-state index is 0.112. The molecule has 0 radical (unpaired) electrons. The van der Waals surface area contributed by atoms with Crippen molar-refractivity contribution in [1.29, 1.82) is 0 Å². The fourth-order valence-corrected chi connectivity index (χ4v) is 8.50. The fraction of sp³-hybridized carbons (Fsp3) is 0.552. The Balaban J connectivity index is 1.21. The normalized spacial score (nSPS) is 21.8. The Hall–Kier alpha value is -2.64. The first-order valence-corrected chi connectivity index (χ1v) is 16.9. The van der Waals surface area contributed by atoms with Gasteiger partial charge in [0.2, 0.25) is 15.9 Å². The highest BCUT2D eigenvalue weighted by Crippen LogP contribution is 2.36. The van der Waals surface area contributed by atoms with Crippen molar-refractivity contribution in [2.75, 3.05) is 56.2 Å². The number of fused-ring (bicyclic) bond motifs is 1. The highest BCUT2D eigenvalue weighted by Gasteiger charge is 2.31. The van der Waals surface area contributed by atoms with Gasteiger partial charge in [0.15, 0.2) is 5.13 Å². The van der Waals surface area contributed by atoms with Gasteiger partial charge in [-0.3, -0.25) is 4.79 Å². The van der Waals surface area contributed by atoms with Crippen molar-refractivity contribution in [3.05, 3.63) is 42.0 Å². The standard InChI is InChI=1S/C29H38N6O4S2/c1-20-19-35(13-12-30-20)41(37,38)23-8-6-22(7-9-23)24(18-21-4-2-3-5-21)27(36)33-29-31-25-10-11-26(32-28(25)40-29)34-14-16-39-17-15-34/h6-11,20-21,24,30H,2-5,12-19H2,1H3,(H,31,33,36). The number of aromatic nitrogens is 2. The van der Waals surface area contributed by atoms with Crippen LogP contribution in [0.2, 0.25) is 0 Å². The van der Waals surface area contributed by atoms with Crippen molar-refractivity contribution in [2.45, 2.75) is 55.9 Å². The molecule has 1 amide bonds. The van der Waals surface area contributed by atoms with Crippen molar-refractivity contribution in [3.63, 3.8) is 0 Å². The van der Waals surface area contributed by atoms with E-state index in [1.807, 2.05) is 31.2 Å². The summed E-state index contributed by atoms with van der Waals surface area (Å²) in [4.78, 5) is 26.4. The molecule has 2 aromatic heterocycles. The van der Waals surface area contributed by atoms with Crippen molar-refractivity contribution < 1.29 is 17.9 Å². The molecule has 10 nitrogen and oxygen atoms in total. The van der Waals surface area contributed by atoms with Crippen LogP contribution in [0.5, 0.6) is 0 Å². The minimum Gasteiger partial charge on any atom is -0.378 e. The molecule has 2 aliphatic heterocycles. The molecular formula is C29H38N6O4S2. The number of thiazole rings is 1. The summed E-state index contributed by atoms with van der Waals surface area (Å²) in [5.74, 6) is 0.866. The van der Waals surface area contributed by atoms with Gasteiger partial charge in [-0.15, -0.1) is 0 Å². The van der Waals surface area contributed by atoms with Gasteiger partial charge in [0.05, 0.1) is 24.0 Å². The van der Waals surface area contributed by atoms with Crippen molar-refractivity contribution in [3.8, 4) is 0 Å². The molecule has 0 spiro atoms. The van der Waals surface area contributed by atoms with Gasteiger partial charge in [-0.25, -0.2) is 18.4 Å². The number of benzene rings is 1. The summed E-state index contributed by atoms with van der Waals surface area (Å²) >= 11 is 1.38. The highest BCUT2D eigenvalue weighted by atomic mass is 32.2. The summed E-state index contributed by atoms with van der Waals surface area (Å²) in [5, 5.41) is 6.88. The summed E-state index contributed by atoms with van der Waals surface area (Å²) in [6.45, 7) is 6.51. The van der Waals surface area contributed by atoms with Gasteiger partial charge >= 0.3 is 0 Å². The molecule has 2 unspecified atom stereocenters. The third kappa shape index (κ3) is 6.41. The predicted molar refractivity (Wildman–Crippen MR) is 161 cm³/mol. The molecular weight excluding hydrogens is 560 g/mol. The van der Waals surface area contributed by atoms with Crippen LogP contribution in [0.25, 0.3) is 10.3 Å². The zero-order chi connectivity index (χ0) is 28.4. The molecule has 220 valence electrons. The number of morpholine rings is 1. The Morgan fingerprint density at radius 2 is 1.85 bits per heavy atom. The second kappa shape index (κ2) is 12.3. The van der Waals surface area contributed by atoms with Gasteiger partial charge in [0.1, 0.15) is 16.2 Å². The molecule has 3 aromatic rings. The van der Waals surface area contributed by atoms with E-state index in [-0.39, 0.29) is 16.8 Å². The first kappa shape index (κ1) is 28.5. The molecule has 1 aromatic carbocycles. The van der Waals surface area contributed by atoms with Crippen LogP contribution in [0.4, 0.5) is 10.9 Å². The van der Waals surface area contributed by atoms with Gasteiger partial charge in [-0.05, 0) is 49.1 Å². The average Bonchev–Trinajstić information content (AvgIpc) is 3.65. The molecule has 6 rings (SSSR count). The van der Waals surface area contributed by atoms with E-state index < -0.39 is 15.9 Å². The third-order valence-electron chi connectivity index (χ3n) is 8.42. The quantitative estimate of drug-likeness (QED) is 0.402. The van der Waals surface area contributed by atoms with Gasteiger partial charge in [-0.2, -0.15) is 4.31 Å². The highest BCUT2D eigenvalue weighted by molar-refractivity contribution is 7.89. The van der Waals surface area contributed by atoms with Gasteiger partial charge < -0.3 is 20.3 Å². The monoisotopic (exact) mass is 598 g/mol. The lowest BCUT2D eigenvalue weighted by molar-refractivity contribution is -0.118. The van der Waals surface area contributed by atoms with Crippen LogP contribution < -0.4 is 15.5 Å². The van der Waals surface area contributed by atoms with Crippen LogP contribution >= 0.6 is 11.3 Å². The maximum Gasteiger partial charge on any atom is 0.243 e. The van der Waals surface area contributed by atoms with Gasteiger partial charge in [-0.1, -0.05) is 49.2 Å². The van der Waals surface area contributed by atoms with Crippen LogP contribution in [0, 0.1) is 5.92 Å². The molecule has 1 saturated carbocycles. The Morgan fingerprint density at radius 3 is 2.59 bits per heavy atom. The summed E-state index contributed by atoms with van der Waals surface area (Å²) in [5.41, 5.74) is 1.59. The predicted octanol–water partition coefficient (Wildman–Crippen LogP) is 3.81. The second-order valence-electron chi connectivity index (χ2n) is 11.3. The van der Waals surface area contributed by atoms with Crippen molar-refractivity contribution in [1.82, 2.24) is 19.6 Å². The molecule has 3 fully saturated rings. The molecule has 2 N–H and O–H groups in total. The van der Waals surface area contributed by atoms with E-state index in [0.29, 0.717) is 43.9 Å². The third-order valence-corrected chi connectivity index (χ3v) is 11.2. The fourth-order valence-electron chi connectivity index (χ4n) is 6.13. The maximum atomic E-state index is 13.7. The van der Waals surface area contributed by atoms with E-state index in [9.17, 15) is 13.2 Å². The summed E-state index contributed by atoms with van der Waals surface area (Å²) in [6.07, 6.45) is 5.35. The van der Waals surface area contributed by atoms with Crippen LogP contribution in [0.3, 0.4) is 0 Å². The lowest BCUT2D eigenvalue weighted by Crippen LogP contribution is -2.51. The van der Waals surface area contributed by atoms with Crippen molar-refractivity contribution in [2.24, 2.45) is 5.92 Å². The van der Waals surface area contributed by atoms with Crippen LogP contribution in [-0.4, -0.2) is 80.6 Å². The number of hydrogen-bond donors (Lipinski definition) is 2. The number of carbonyl (C=O) groups is 1. The van der Waals surface area contributed by atoms with E-state index in [0.717, 1.165) is 54.1 Å². The minimum atomic E-state index is -3.59. The number of amides is 1. The summed E-state index contributed by atoms with van der Waals surface area (Å²) in [7, 11) is -3.59. The Bertz CT molecular complexity index is 1470. The molecule has 3 aliphatic rings. The Morgan fingerprint density at radius 1 is 1.10 bits per heavy atom. The first-order chi connectivity index (χ1) is 19.9. The van der Waals surface area contributed by atoms with E-state index in [2.05, 4.69) is 20.5 Å². The number of anilines is 2. The lowest BCUT2D eigenvalue weighted by atomic mass is 9.87. The summed E-state index contributed by atoms with van der Waals surface area (Å²) in [6, 6.07) is 11.0.